The van der Waals surface area contributed by atoms with Crippen molar-refractivity contribution >= 4 is 27.0 Å². The lowest BCUT2D eigenvalue weighted by Gasteiger charge is -2.06. The summed E-state index contributed by atoms with van der Waals surface area (Å²) < 4.78 is 6.18. The van der Waals surface area contributed by atoms with E-state index in [2.05, 4.69) is 37.8 Å². The summed E-state index contributed by atoms with van der Waals surface area (Å²) >= 11 is 3.53. The van der Waals surface area contributed by atoms with Gasteiger partial charge in [0, 0.05) is 16.2 Å². The van der Waals surface area contributed by atoms with Crippen LogP contribution in [0.2, 0.25) is 0 Å². The lowest BCUT2D eigenvalue weighted by atomic mass is 10.1. The Morgan fingerprint density at radius 2 is 1.95 bits per heavy atom. The van der Waals surface area contributed by atoms with E-state index in [1.165, 1.54) is 0 Å². The molecule has 3 rings (SSSR count). The van der Waals surface area contributed by atoms with Crippen molar-refractivity contribution in [3.05, 3.63) is 40.6 Å². The molecule has 5 heteroatoms. The number of nitrogens with zero attached hydrogens (tertiary/aromatic N) is 2. The molecule has 2 heterocycles. The number of rotatable bonds is 3. The van der Waals surface area contributed by atoms with Gasteiger partial charge in [0.2, 0.25) is 0 Å². The first kappa shape index (κ1) is 13.1. The third-order valence-corrected chi connectivity index (χ3v) is 3.87. The van der Waals surface area contributed by atoms with Crippen LogP contribution in [0.3, 0.4) is 0 Å². The minimum Gasteiger partial charge on any atom is -0.497 e. The minimum absolute atomic E-state index is 0.728. The van der Waals surface area contributed by atoms with Crippen LogP contribution in [0.5, 0.6) is 5.75 Å². The van der Waals surface area contributed by atoms with Crippen LogP contribution in [-0.2, 0) is 6.42 Å². The molecule has 0 amide bonds. The third kappa shape index (κ3) is 2.18. The van der Waals surface area contributed by atoms with Crippen LogP contribution in [0, 0.1) is 0 Å². The van der Waals surface area contributed by atoms with Crippen LogP contribution < -0.4 is 4.74 Å². The monoisotopic (exact) mass is 331 g/mol. The van der Waals surface area contributed by atoms with Gasteiger partial charge in [-0.05, 0) is 46.6 Å². The van der Waals surface area contributed by atoms with Crippen molar-refractivity contribution in [2.24, 2.45) is 0 Å². The van der Waals surface area contributed by atoms with E-state index in [0.29, 0.717) is 0 Å². The van der Waals surface area contributed by atoms with Crippen LogP contribution in [0.4, 0.5) is 0 Å². The lowest BCUT2D eigenvalue weighted by molar-refractivity contribution is 0.415. The molecule has 0 atom stereocenters. The molecule has 0 saturated heterocycles. The van der Waals surface area contributed by atoms with Crippen LogP contribution in [0.15, 0.2) is 34.9 Å². The van der Waals surface area contributed by atoms with Gasteiger partial charge in [-0.1, -0.05) is 6.92 Å². The van der Waals surface area contributed by atoms with Crippen LogP contribution in [0.25, 0.3) is 22.4 Å². The first-order chi connectivity index (χ1) is 9.72. The number of aromatic amines is 1. The molecule has 0 bridgehead atoms. The molecule has 102 valence electrons. The normalized spacial score (nSPS) is 10.9. The van der Waals surface area contributed by atoms with Crippen molar-refractivity contribution in [3.63, 3.8) is 0 Å². The molecule has 4 nitrogen and oxygen atoms in total. The van der Waals surface area contributed by atoms with Gasteiger partial charge < -0.3 is 9.72 Å². The molecule has 2 aromatic heterocycles. The zero-order chi connectivity index (χ0) is 14.1. The van der Waals surface area contributed by atoms with Crippen molar-refractivity contribution in [3.8, 4) is 17.1 Å². The molecule has 0 fully saturated rings. The summed E-state index contributed by atoms with van der Waals surface area (Å²) in [5.74, 6) is 1.56. The van der Waals surface area contributed by atoms with E-state index in [-0.39, 0.29) is 0 Å². The third-order valence-electron chi connectivity index (χ3n) is 3.24. The summed E-state index contributed by atoms with van der Waals surface area (Å²) in [6.45, 7) is 2.10. The molecule has 1 aromatic carbocycles. The highest BCUT2D eigenvalue weighted by atomic mass is 79.9. The smallest absolute Gasteiger partial charge is 0.161 e. The number of H-pyrrole nitrogens is 1. The van der Waals surface area contributed by atoms with Crippen LogP contribution >= 0.6 is 15.9 Å². The van der Waals surface area contributed by atoms with E-state index < -0.39 is 0 Å². The van der Waals surface area contributed by atoms with E-state index in [1.54, 1.807) is 7.11 Å². The van der Waals surface area contributed by atoms with Crippen LogP contribution in [-0.4, -0.2) is 22.1 Å². The molecular weight excluding hydrogens is 318 g/mol. The van der Waals surface area contributed by atoms with E-state index in [0.717, 1.165) is 44.8 Å². The Morgan fingerprint density at radius 3 is 2.60 bits per heavy atom. The molecule has 3 aromatic rings. The second kappa shape index (κ2) is 5.25. The summed E-state index contributed by atoms with van der Waals surface area (Å²) in [7, 11) is 1.66. The van der Waals surface area contributed by atoms with Crippen molar-refractivity contribution in [1.82, 2.24) is 15.0 Å². The molecule has 0 radical (unpaired) electrons. The molecule has 0 unspecified atom stereocenters. The maximum absolute atomic E-state index is 5.17. The standard InChI is InChI=1S/C15H14BrN3O/c1-3-12-13-11(16)8-17-15(13)19-14(18-12)9-4-6-10(20-2)7-5-9/h4-8H,3H2,1-2H3,(H,17,18,19). The number of ether oxygens (including phenoxy) is 1. The van der Waals surface area contributed by atoms with Gasteiger partial charge in [-0.15, -0.1) is 0 Å². The Labute approximate surface area is 125 Å². The van der Waals surface area contributed by atoms with Gasteiger partial charge in [0.15, 0.2) is 5.82 Å². The first-order valence-corrected chi connectivity index (χ1v) is 7.20. The quantitative estimate of drug-likeness (QED) is 0.790. The number of benzene rings is 1. The molecular formula is C15H14BrN3O. The zero-order valence-electron chi connectivity index (χ0n) is 11.3. The Kier molecular flexibility index (Phi) is 3.44. The van der Waals surface area contributed by atoms with Gasteiger partial charge >= 0.3 is 0 Å². The summed E-state index contributed by atoms with van der Waals surface area (Å²) in [4.78, 5) is 12.4. The molecule has 1 N–H and O–H groups in total. The first-order valence-electron chi connectivity index (χ1n) is 6.41. The summed E-state index contributed by atoms with van der Waals surface area (Å²) in [6.07, 6.45) is 2.76. The number of nitrogens with one attached hydrogen (secondary N) is 1. The topological polar surface area (TPSA) is 50.8 Å². The van der Waals surface area contributed by atoms with Gasteiger partial charge in [-0.3, -0.25) is 0 Å². The fourth-order valence-corrected chi connectivity index (χ4v) is 2.72. The van der Waals surface area contributed by atoms with Crippen LogP contribution in [0.1, 0.15) is 12.6 Å². The predicted octanol–water partition coefficient (Wildman–Crippen LogP) is 3.96. The highest BCUT2D eigenvalue weighted by Gasteiger charge is 2.12. The molecule has 20 heavy (non-hydrogen) atoms. The van der Waals surface area contributed by atoms with Gasteiger partial charge in [-0.2, -0.15) is 0 Å². The average Bonchev–Trinajstić information content (AvgIpc) is 2.88. The number of methoxy groups -OCH3 is 1. The van der Waals surface area contributed by atoms with E-state index in [4.69, 9.17) is 4.74 Å². The summed E-state index contributed by atoms with van der Waals surface area (Å²) in [5.41, 5.74) is 2.87. The highest BCUT2D eigenvalue weighted by molar-refractivity contribution is 9.10. The fraction of sp³-hybridized carbons (Fsp3) is 0.200. The van der Waals surface area contributed by atoms with Crippen molar-refractivity contribution in [1.29, 1.82) is 0 Å². The molecule has 0 saturated carbocycles. The van der Waals surface area contributed by atoms with Gasteiger partial charge in [-0.25, -0.2) is 9.97 Å². The molecule has 0 aliphatic rings. The number of halogens is 1. The Balaban J connectivity index is 2.15. The molecule has 0 aliphatic carbocycles. The average molecular weight is 332 g/mol. The number of aromatic nitrogens is 3. The second-order valence-corrected chi connectivity index (χ2v) is 5.29. The summed E-state index contributed by atoms with van der Waals surface area (Å²) in [5, 5.41) is 1.06. The van der Waals surface area contributed by atoms with Gasteiger partial charge in [0.1, 0.15) is 11.4 Å². The predicted molar refractivity (Wildman–Crippen MR) is 83.0 cm³/mol. The minimum atomic E-state index is 0.728. The number of fused-ring (bicyclic) bond motifs is 1. The number of aryl methyl sites for hydroxylation is 1. The SMILES string of the molecule is CCc1nc(-c2ccc(OC)cc2)nc2[nH]cc(Br)c12. The molecule has 0 aliphatic heterocycles. The van der Waals surface area contributed by atoms with E-state index in [9.17, 15) is 0 Å². The second-order valence-electron chi connectivity index (χ2n) is 4.44. The fourth-order valence-electron chi connectivity index (χ4n) is 2.19. The van der Waals surface area contributed by atoms with Gasteiger partial charge in [0.05, 0.1) is 18.2 Å². The van der Waals surface area contributed by atoms with Gasteiger partial charge in [0.25, 0.3) is 0 Å². The molecule has 0 spiro atoms. The maximum Gasteiger partial charge on any atom is 0.161 e. The maximum atomic E-state index is 5.17. The Morgan fingerprint density at radius 1 is 1.20 bits per heavy atom. The van der Waals surface area contributed by atoms with Crippen molar-refractivity contribution in [2.75, 3.05) is 7.11 Å². The van der Waals surface area contributed by atoms with Crippen molar-refractivity contribution < 1.29 is 4.74 Å². The Bertz CT molecular complexity index is 750. The highest BCUT2D eigenvalue weighted by Crippen LogP contribution is 2.28. The van der Waals surface area contributed by atoms with Crippen molar-refractivity contribution in [2.45, 2.75) is 13.3 Å². The number of hydrogen-bond acceptors (Lipinski definition) is 3. The largest absolute Gasteiger partial charge is 0.497 e. The lowest BCUT2D eigenvalue weighted by Crippen LogP contribution is -1.96. The zero-order valence-corrected chi connectivity index (χ0v) is 12.9. The Hall–Kier alpha value is -1.88. The summed E-state index contributed by atoms with van der Waals surface area (Å²) in [6, 6.07) is 7.77. The van der Waals surface area contributed by atoms with E-state index >= 15 is 0 Å². The number of hydrogen-bond donors (Lipinski definition) is 1. The van der Waals surface area contributed by atoms with E-state index in [1.807, 2.05) is 30.5 Å².